The molecule has 1 heterocycles. The van der Waals surface area contributed by atoms with E-state index in [9.17, 15) is 0 Å². The van der Waals surface area contributed by atoms with Gasteiger partial charge in [-0.05, 0) is 38.0 Å². The van der Waals surface area contributed by atoms with Crippen LogP contribution in [0, 0.1) is 25.2 Å². The predicted molar refractivity (Wildman–Crippen MR) is 81.5 cm³/mol. The van der Waals surface area contributed by atoms with Crippen molar-refractivity contribution in [2.75, 3.05) is 11.9 Å². The number of rotatable bonds is 5. The summed E-state index contributed by atoms with van der Waals surface area (Å²) in [4.78, 5) is 8.59. The normalized spacial score (nSPS) is 10.0. The third-order valence-corrected chi connectivity index (χ3v) is 2.90. The Morgan fingerprint density at radius 2 is 2.05 bits per heavy atom. The van der Waals surface area contributed by atoms with E-state index in [-0.39, 0.29) is 0 Å². The molecule has 0 aliphatic carbocycles. The van der Waals surface area contributed by atoms with Crippen molar-refractivity contribution in [1.82, 2.24) is 9.97 Å². The molecule has 2 rings (SSSR count). The molecule has 0 unspecified atom stereocenters. The summed E-state index contributed by atoms with van der Waals surface area (Å²) in [6, 6.07) is 9.21. The molecule has 0 amide bonds. The number of nitrogens with zero attached hydrogens (tertiary/aromatic N) is 3. The molecule has 0 aliphatic rings. The molecule has 2 aromatic rings. The molecule has 0 spiro atoms. The average molecular weight is 282 g/mol. The molecule has 1 N–H and O–H groups in total. The van der Waals surface area contributed by atoms with E-state index < -0.39 is 0 Å². The van der Waals surface area contributed by atoms with Gasteiger partial charge in [-0.25, -0.2) is 4.98 Å². The first kappa shape index (κ1) is 14.8. The van der Waals surface area contributed by atoms with E-state index in [1.165, 1.54) is 0 Å². The number of benzene rings is 1. The fourth-order valence-corrected chi connectivity index (χ4v) is 1.83. The summed E-state index contributed by atoms with van der Waals surface area (Å²) in [5.41, 5.74) is 1.51. The van der Waals surface area contributed by atoms with E-state index in [0.717, 1.165) is 24.3 Å². The minimum atomic E-state index is 0.472. The van der Waals surface area contributed by atoms with Gasteiger partial charge >= 0.3 is 0 Å². The number of ether oxygens (including phenoxy) is 1. The zero-order valence-electron chi connectivity index (χ0n) is 12.5. The monoisotopic (exact) mass is 282 g/mol. The summed E-state index contributed by atoms with van der Waals surface area (Å²) >= 11 is 0. The van der Waals surface area contributed by atoms with Gasteiger partial charge in [-0.15, -0.1) is 0 Å². The molecule has 21 heavy (non-hydrogen) atoms. The molecule has 0 saturated carbocycles. The van der Waals surface area contributed by atoms with Crippen molar-refractivity contribution >= 4 is 5.82 Å². The van der Waals surface area contributed by atoms with Crippen LogP contribution < -0.4 is 10.1 Å². The van der Waals surface area contributed by atoms with Crippen LogP contribution >= 0.6 is 0 Å². The number of nitriles is 1. The topological polar surface area (TPSA) is 70.8 Å². The predicted octanol–water partition coefficient (Wildman–Crippen LogP) is 3.58. The summed E-state index contributed by atoms with van der Waals surface area (Å²) in [5.74, 6) is 2.49. The van der Waals surface area contributed by atoms with E-state index in [1.807, 2.05) is 19.9 Å². The Balaban J connectivity index is 2.27. The van der Waals surface area contributed by atoms with E-state index in [0.29, 0.717) is 23.0 Å². The summed E-state index contributed by atoms with van der Waals surface area (Å²) in [6.45, 7) is 6.69. The van der Waals surface area contributed by atoms with Gasteiger partial charge in [0, 0.05) is 12.6 Å². The van der Waals surface area contributed by atoms with Gasteiger partial charge in [0.2, 0.25) is 5.88 Å². The van der Waals surface area contributed by atoms with Gasteiger partial charge in [0.15, 0.2) is 0 Å². The van der Waals surface area contributed by atoms with Gasteiger partial charge in [-0.1, -0.05) is 13.0 Å². The highest BCUT2D eigenvalue weighted by molar-refractivity contribution is 5.45. The Kier molecular flexibility index (Phi) is 4.72. The van der Waals surface area contributed by atoms with Gasteiger partial charge in [-0.3, -0.25) is 0 Å². The van der Waals surface area contributed by atoms with E-state index in [1.54, 1.807) is 18.2 Å². The lowest BCUT2D eigenvalue weighted by molar-refractivity contribution is 0.456. The van der Waals surface area contributed by atoms with E-state index in [2.05, 4.69) is 28.3 Å². The molecule has 0 saturated heterocycles. The summed E-state index contributed by atoms with van der Waals surface area (Å²) in [5, 5.41) is 12.2. The van der Waals surface area contributed by atoms with Gasteiger partial charge in [0.25, 0.3) is 0 Å². The number of aromatic nitrogens is 2. The Hall–Kier alpha value is -2.61. The fraction of sp³-hybridized carbons (Fsp3) is 0.312. The van der Waals surface area contributed by atoms with Crippen LogP contribution in [0.4, 0.5) is 5.82 Å². The summed E-state index contributed by atoms with van der Waals surface area (Å²) < 4.78 is 5.81. The highest BCUT2D eigenvalue weighted by Crippen LogP contribution is 2.26. The minimum Gasteiger partial charge on any atom is -0.439 e. The summed E-state index contributed by atoms with van der Waals surface area (Å²) in [6.07, 6.45) is 1.02. The number of nitrogens with one attached hydrogen (secondary N) is 1. The first-order chi connectivity index (χ1) is 10.1. The highest BCUT2D eigenvalue weighted by Gasteiger charge is 2.07. The lowest BCUT2D eigenvalue weighted by atomic mass is 10.1. The lowest BCUT2D eigenvalue weighted by Gasteiger charge is -2.10. The molecule has 1 aromatic carbocycles. The first-order valence-corrected chi connectivity index (χ1v) is 6.90. The van der Waals surface area contributed by atoms with Crippen LogP contribution in [-0.4, -0.2) is 16.5 Å². The maximum atomic E-state index is 8.96. The number of hydrogen-bond donors (Lipinski definition) is 1. The smallest absolute Gasteiger partial charge is 0.224 e. The fourth-order valence-electron chi connectivity index (χ4n) is 1.83. The largest absolute Gasteiger partial charge is 0.439 e. The lowest BCUT2D eigenvalue weighted by Crippen LogP contribution is -2.04. The van der Waals surface area contributed by atoms with Crippen molar-refractivity contribution in [2.45, 2.75) is 27.2 Å². The van der Waals surface area contributed by atoms with Crippen LogP contribution in [0.5, 0.6) is 11.6 Å². The van der Waals surface area contributed by atoms with Gasteiger partial charge in [0.1, 0.15) is 17.4 Å². The first-order valence-electron chi connectivity index (χ1n) is 6.90. The van der Waals surface area contributed by atoms with E-state index in [4.69, 9.17) is 10.00 Å². The highest BCUT2D eigenvalue weighted by atomic mass is 16.5. The maximum absolute atomic E-state index is 8.96. The Morgan fingerprint density at radius 1 is 1.24 bits per heavy atom. The van der Waals surface area contributed by atoms with Crippen molar-refractivity contribution in [3.63, 3.8) is 0 Å². The number of anilines is 1. The zero-order chi connectivity index (χ0) is 15.2. The third-order valence-electron chi connectivity index (χ3n) is 2.90. The van der Waals surface area contributed by atoms with Gasteiger partial charge < -0.3 is 10.1 Å². The Morgan fingerprint density at radius 3 is 2.76 bits per heavy atom. The molecular formula is C16H18N4O. The maximum Gasteiger partial charge on any atom is 0.224 e. The van der Waals surface area contributed by atoms with Crippen LogP contribution in [0.25, 0.3) is 0 Å². The van der Waals surface area contributed by atoms with Crippen molar-refractivity contribution in [3.8, 4) is 17.7 Å². The molecule has 5 nitrogen and oxygen atoms in total. The molecule has 0 bridgehead atoms. The standard InChI is InChI=1S/C16H18N4O/c1-4-7-18-15-9-16(20-12(3)19-15)21-14-8-13(10-17)6-5-11(14)2/h5-6,8-9H,4,7H2,1-3H3,(H,18,19,20). The molecule has 1 aromatic heterocycles. The average Bonchev–Trinajstić information content (AvgIpc) is 2.47. The van der Waals surface area contributed by atoms with Crippen LogP contribution in [0.2, 0.25) is 0 Å². The second-order valence-electron chi connectivity index (χ2n) is 4.76. The van der Waals surface area contributed by atoms with Crippen molar-refractivity contribution in [3.05, 3.63) is 41.2 Å². The van der Waals surface area contributed by atoms with Crippen LogP contribution in [-0.2, 0) is 0 Å². The SMILES string of the molecule is CCCNc1cc(Oc2cc(C#N)ccc2C)nc(C)n1. The molecule has 108 valence electrons. The Bertz CT molecular complexity index is 676. The van der Waals surface area contributed by atoms with Crippen molar-refractivity contribution in [2.24, 2.45) is 0 Å². The third kappa shape index (κ3) is 3.93. The molecular weight excluding hydrogens is 264 g/mol. The molecule has 0 atom stereocenters. The molecule has 0 radical (unpaired) electrons. The minimum absolute atomic E-state index is 0.472. The second kappa shape index (κ2) is 6.71. The quantitative estimate of drug-likeness (QED) is 0.907. The molecule has 0 fully saturated rings. The van der Waals surface area contributed by atoms with Gasteiger partial charge in [0.05, 0.1) is 11.6 Å². The summed E-state index contributed by atoms with van der Waals surface area (Å²) in [7, 11) is 0. The van der Waals surface area contributed by atoms with Gasteiger partial charge in [-0.2, -0.15) is 10.2 Å². The number of aryl methyl sites for hydroxylation is 2. The zero-order valence-corrected chi connectivity index (χ0v) is 12.5. The van der Waals surface area contributed by atoms with Crippen LogP contribution in [0.15, 0.2) is 24.3 Å². The van der Waals surface area contributed by atoms with Crippen LogP contribution in [0.1, 0.15) is 30.3 Å². The van der Waals surface area contributed by atoms with Crippen molar-refractivity contribution in [1.29, 1.82) is 5.26 Å². The second-order valence-corrected chi connectivity index (χ2v) is 4.76. The van der Waals surface area contributed by atoms with Crippen molar-refractivity contribution < 1.29 is 4.74 Å². The molecule has 5 heteroatoms. The van der Waals surface area contributed by atoms with E-state index >= 15 is 0 Å². The Labute approximate surface area is 124 Å². The van der Waals surface area contributed by atoms with Crippen LogP contribution in [0.3, 0.4) is 0 Å². The number of hydrogen-bond acceptors (Lipinski definition) is 5. The molecule has 0 aliphatic heterocycles.